The summed E-state index contributed by atoms with van der Waals surface area (Å²) in [5.41, 5.74) is 0.898. The van der Waals surface area contributed by atoms with Gasteiger partial charge >= 0.3 is 5.97 Å². The number of rotatable bonds is 3. The van der Waals surface area contributed by atoms with E-state index in [1.54, 1.807) is 11.3 Å². The number of nitrogens with zero attached hydrogens (tertiary/aromatic N) is 1. The van der Waals surface area contributed by atoms with Gasteiger partial charge in [0.05, 0.1) is 0 Å². The zero-order valence-electron chi connectivity index (χ0n) is 8.35. The fourth-order valence-electron chi connectivity index (χ4n) is 1.88. The van der Waals surface area contributed by atoms with Crippen LogP contribution in [0.5, 0.6) is 0 Å². The van der Waals surface area contributed by atoms with Gasteiger partial charge in [-0.2, -0.15) is 11.3 Å². The van der Waals surface area contributed by atoms with Crippen LogP contribution in [0, 0.1) is 0 Å². The molecule has 0 radical (unpaired) electrons. The molecule has 2 N–H and O–H groups in total. The van der Waals surface area contributed by atoms with Crippen molar-refractivity contribution in [1.82, 2.24) is 10.2 Å². The van der Waals surface area contributed by atoms with Crippen LogP contribution >= 0.6 is 11.3 Å². The van der Waals surface area contributed by atoms with Gasteiger partial charge in [0, 0.05) is 26.2 Å². The van der Waals surface area contributed by atoms with Crippen molar-refractivity contribution in [2.45, 2.75) is 6.04 Å². The fraction of sp³-hybridized carbons (Fsp3) is 0.500. The van der Waals surface area contributed by atoms with E-state index < -0.39 is 12.0 Å². The molecule has 1 aliphatic heterocycles. The Morgan fingerprint density at radius 1 is 1.53 bits per heavy atom. The molecule has 1 aromatic rings. The van der Waals surface area contributed by atoms with Crippen molar-refractivity contribution < 1.29 is 9.90 Å². The molecule has 2 rings (SSSR count). The first-order valence-electron chi connectivity index (χ1n) is 4.98. The van der Waals surface area contributed by atoms with E-state index in [0.29, 0.717) is 0 Å². The van der Waals surface area contributed by atoms with E-state index in [2.05, 4.69) is 5.32 Å². The molecule has 4 nitrogen and oxygen atoms in total. The van der Waals surface area contributed by atoms with Gasteiger partial charge in [0.2, 0.25) is 0 Å². The third-order valence-electron chi connectivity index (χ3n) is 2.61. The second kappa shape index (κ2) is 4.74. The molecule has 1 atom stereocenters. The zero-order valence-corrected chi connectivity index (χ0v) is 9.17. The minimum Gasteiger partial charge on any atom is -0.480 e. The number of carboxylic acid groups (broad SMARTS) is 1. The number of nitrogens with one attached hydrogen (secondary N) is 1. The van der Waals surface area contributed by atoms with Gasteiger partial charge in [0.15, 0.2) is 0 Å². The summed E-state index contributed by atoms with van der Waals surface area (Å²) in [7, 11) is 0. The lowest BCUT2D eigenvalue weighted by atomic mass is 10.1. The third-order valence-corrected chi connectivity index (χ3v) is 3.31. The highest BCUT2D eigenvalue weighted by Gasteiger charge is 2.28. The van der Waals surface area contributed by atoms with E-state index in [9.17, 15) is 9.90 Å². The summed E-state index contributed by atoms with van der Waals surface area (Å²) in [6.45, 7) is 3.33. The van der Waals surface area contributed by atoms with Crippen molar-refractivity contribution in [3.8, 4) is 0 Å². The summed E-state index contributed by atoms with van der Waals surface area (Å²) in [5, 5.41) is 16.3. The molecule has 0 bridgehead atoms. The summed E-state index contributed by atoms with van der Waals surface area (Å²) < 4.78 is 0. The van der Waals surface area contributed by atoms with E-state index in [1.807, 2.05) is 21.7 Å². The zero-order chi connectivity index (χ0) is 10.7. The lowest BCUT2D eigenvalue weighted by molar-refractivity contribution is -0.143. The van der Waals surface area contributed by atoms with Crippen molar-refractivity contribution in [3.05, 3.63) is 22.4 Å². The number of thiophene rings is 1. The minimum atomic E-state index is -0.754. The van der Waals surface area contributed by atoms with E-state index in [4.69, 9.17) is 0 Å². The molecule has 0 aliphatic carbocycles. The lowest BCUT2D eigenvalue weighted by Crippen LogP contribution is -2.47. The highest BCUT2D eigenvalue weighted by atomic mass is 32.1. The molecule has 0 amide bonds. The number of aliphatic carboxylic acids is 1. The van der Waals surface area contributed by atoms with E-state index in [0.717, 1.165) is 31.7 Å². The van der Waals surface area contributed by atoms with E-state index in [-0.39, 0.29) is 0 Å². The Kier molecular flexibility index (Phi) is 3.35. The first-order chi connectivity index (χ1) is 7.29. The van der Waals surface area contributed by atoms with Crippen LogP contribution in [-0.4, -0.2) is 42.2 Å². The number of hydrogen-bond acceptors (Lipinski definition) is 4. The van der Waals surface area contributed by atoms with Crippen LogP contribution in [0.2, 0.25) is 0 Å². The normalized spacial score (nSPS) is 20.0. The monoisotopic (exact) mass is 226 g/mol. The molecule has 0 aromatic carbocycles. The van der Waals surface area contributed by atoms with Gasteiger partial charge < -0.3 is 10.4 Å². The van der Waals surface area contributed by atoms with E-state index in [1.165, 1.54) is 0 Å². The molecule has 82 valence electrons. The average molecular weight is 226 g/mol. The molecule has 5 heteroatoms. The van der Waals surface area contributed by atoms with Crippen LogP contribution in [-0.2, 0) is 4.79 Å². The largest absolute Gasteiger partial charge is 0.480 e. The van der Waals surface area contributed by atoms with E-state index >= 15 is 0 Å². The van der Waals surface area contributed by atoms with Gasteiger partial charge in [-0.3, -0.25) is 9.69 Å². The topological polar surface area (TPSA) is 52.6 Å². The molecule has 0 unspecified atom stereocenters. The first kappa shape index (κ1) is 10.6. The maximum Gasteiger partial charge on any atom is 0.325 e. The predicted molar refractivity (Wildman–Crippen MR) is 59.1 cm³/mol. The Morgan fingerprint density at radius 3 is 2.80 bits per heavy atom. The van der Waals surface area contributed by atoms with Gasteiger partial charge in [0.1, 0.15) is 6.04 Å². The smallest absolute Gasteiger partial charge is 0.325 e. The second-order valence-electron chi connectivity index (χ2n) is 3.58. The van der Waals surface area contributed by atoms with Gasteiger partial charge in [-0.25, -0.2) is 0 Å². The van der Waals surface area contributed by atoms with Gasteiger partial charge in [-0.1, -0.05) is 0 Å². The van der Waals surface area contributed by atoms with Crippen LogP contribution < -0.4 is 5.32 Å². The van der Waals surface area contributed by atoms with Crippen molar-refractivity contribution in [2.75, 3.05) is 26.2 Å². The standard InChI is InChI=1S/C10H14N2O2S/c13-10(14)9(8-1-6-15-7-8)12-4-2-11-3-5-12/h1,6-7,9,11H,2-5H2,(H,13,14)/t9-/m1/s1. The third kappa shape index (κ3) is 2.37. The summed E-state index contributed by atoms with van der Waals surface area (Å²) in [4.78, 5) is 13.3. The maximum atomic E-state index is 11.2. The summed E-state index contributed by atoms with van der Waals surface area (Å²) >= 11 is 1.54. The molecule has 0 saturated carbocycles. The molecular formula is C10H14N2O2S. The molecule has 1 aromatic heterocycles. The van der Waals surface area contributed by atoms with Crippen LogP contribution in [0.15, 0.2) is 16.8 Å². The van der Waals surface area contributed by atoms with Crippen molar-refractivity contribution >= 4 is 17.3 Å². The summed E-state index contributed by atoms with van der Waals surface area (Å²) in [6.07, 6.45) is 0. The highest BCUT2D eigenvalue weighted by Crippen LogP contribution is 2.23. The lowest BCUT2D eigenvalue weighted by Gasteiger charge is -2.32. The molecular weight excluding hydrogens is 212 g/mol. The Labute approximate surface area is 92.5 Å². The Morgan fingerprint density at radius 2 is 2.27 bits per heavy atom. The van der Waals surface area contributed by atoms with Crippen LogP contribution in [0.25, 0.3) is 0 Å². The minimum absolute atomic E-state index is 0.474. The number of carbonyl (C=O) groups is 1. The Balaban J connectivity index is 2.15. The SMILES string of the molecule is O=C(O)[C@@H](c1ccsc1)N1CCNCC1. The first-order valence-corrected chi connectivity index (χ1v) is 5.93. The van der Waals surface area contributed by atoms with Gasteiger partial charge in [0.25, 0.3) is 0 Å². The summed E-state index contributed by atoms with van der Waals surface area (Å²) in [6, 6.07) is 1.42. The predicted octanol–water partition coefficient (Wildman–Crippen LogP) is 0.779. The van der Waals surface area contributed by atoms with Gasteiger partial charge in [-0.15, -0.1) is 0 Å². The molecule has 1 fully saturated rings. The van der Waals surface area contributed by atoms with Crippen molar-refractivity contribution in [3.63, 3.8) is 0 Å². The van der Waals surface area contributed by atoms with Crippen LogP contribution in [0.3, 0.4) is 0 Å². The second-order valence-corrected chi connectivity index (χ2v) is 4.36. The Hall–Kier alpha value is -0.910. The molecule has 1 aliphatic rings. The quantitative estimate of drug-likeness (QED) is 0.799. The van der Waals surface area contributed by atoms with Crippen molar-refractivity contribution in [1.29, 1.82) is 0 Å². The van der Waals surface area contributed by atoms with Crippen LogP contribution in [0.1, 0.15) is 11.6 Å². The average Bonchev–Trinajstić information content (AvgIpc) is 2.72. The van der Waals surface area contributed by atoms with Gasteiger partial charge in [-0.05, 0) is 22.4 Å². The summed E-state index contributed by atoms with van der Waals surface area (Å²) in [5.74, 6) is -0.754. The van der Waals surface area contributed by atoms with Crippen LogP contribution in [0.4, 0.5) is 0 Å². The number of hydrogen-bond donors (Lipinski definition) is 2. The molecule has 2 heterocycles. The number of piperazine rings is 1. The number of carboxylic acids is 1. The fourth-order valence-corrected chi connectivity index (χ4v) is 2.56. The highest BCUT2D eigenvalue weighted by molar-refractivity contribution is 7.08. The Bertz CT molecular complexity index is 320. The molecule has 0 spiro atoms. The molecule has 1 saturated heterocycles. The maximum absolute atomic E-state index is 11.2. The van der Waals surface area contributed by atoms with Crippen molar-refractivity contribution in [2.24, 2.45) is 0 Å². The molecule has 15 heavy (non-hydrogen) atoms.